The van der Waals surface area contributed by atoms with E-state index in [2.05, 4.69) is 5.32 Å². The summed E-state index contributed by atoms with van der Waals surface area (Å²) in [6.45, 7) is 3.18. The summed E-state index contributed by atoms with van der Waals surface area (Å²) >= 11 is 0. The van der Waals surface area contributed by atoms with Crippen LogP contribution in [0.25, 0.3) is 0 Å². The molecule has 2 aliphatic rings. The van der Waals surface area contributed by atoms with E-state index < -0.39 is 23.4 Å². The zero-order valence-corrected chi connectivity index (χ0v) is 12.5. The number of aliphatic carboxylic acids is 1. The van der Waals surface area contributed by atoms with Crippen LogP contribution in [0.3, 0.4) is 0 Å². The Labute approximate surface area is 124 Å². The van der Waals surface area contributed by atoms with Crippen LogP contribution in [0, 0.1) is 17.8 Å². The Kier molecular flexibility index (Phi) is 5.22. The minimum Gasteiger partial charge on any atom is -0.481 e. The van der Waals surface area contributed by atoms with E-state index in [0.29, 0.717) is 44.8 Å². The van der Waals surface area contributed by atoms with Gasteiger partial charge in [-0.1, -0.05) is 13.3 Å². The fraction of sp³-hybridized carbons (Fsp3) is 0.867. The molecule has 0 spiro atoms. The smallest absolute Gasteiger partial charge is 0.307 e. The quantitative estimate of drug-likeness (QED) is 0.697. The molecule has 2 fully saturated rings. The van der Waals surface area contributed by atoms with Crippen LogP contribution in [0.5, 0.6) is 0 Å². The van der Waals surface area contributed by atoms with Crippen LogP contribution in [0.1, 0.15) is 39.0 Å². The van der Waals surface area contributed by atoms with Gasteiger partial charge in [-0.2, -0.15) is 0 Å². The lowest BCUT2D eigenvalue weighted by Gasteiger charge is -2.32. The first-order valence-corrected chi connectivity index (χ1v) is 7.76. The molecule has 0 radical (unpaired) electrons. The lowest BCUT2D eigenvalue weighted by molar-refractivity contribution is -0.146. The lowest BCUT2D eigenvalue weighted by Crippen LogP contribution is -2.48. The molecule has 1 aliphatic carbocycles. The Morgan fingerprint density at radius 1 is 1.24 bits per heavy atom. The number of carboxylic acids is 1. The standard InChI is InChI=1S/C15H25NO5/c1-2-10-7-11(12(8-10)14(18)19)13(17)16-9-15(20)3-5-21-6-4-15/h10-12,20H,2-9H2,1H3,(H,16,17)(H,18,19). The second kappa shape index (κ2) is 6.75. The van der Waals surface area contributed by atoms with Gasteiger partial charge in [0.2, 0.25) is 5.91 Å². The van der Waals surface area contributed by atoms with Gasteiger partial charge in [0.15, 0.2) is 0 Å². The maximum atomic E-state index is 12.3. The summed E-state index contributed by atoms with van der Waals surface area (Å²) in [5.74, 6) is -1.91. The molecular formula is C15H25NO5. The second-order valence-electron chi connectivity index (χ2n) is 6.35. The Hall–Kier alpha value is -1.14. The van der Waals surface area contributed by atoms with Gasteiger partial charge in [-0.15, -0.1) is 0 Å². The molecule has 3 N–H and O–H groups in total. The normalized spacial score (nSPS) is 31.8. The van der Waals surface area contributed by atoms with E-state index in [0.717, 1.165) is 6.42 Å². The van der Waals surface area contributed by atoms with Crippen molar-refractivity contribution in [3.8, 4) is 0 Å². The average molecular weight is 299 g/mol. The molecule has 1 heterocycles. The summed E-state index contributed by atoms with van der Waals surface area (Å²) in [4.78, 5) is 23.6. The van der Waals surface area contributed by atoms with Crippen LogP contribution in [0.2, 0.25) is 0 Å². The van der Waals surface area contributed by atoms with Crippen molar-refractivity contribution in [2.24, 2.45) is 17.8 Å². The van der Waals surface area contributed by atoms with E-state index in [1.54, 1.807) is 0 Å². The first kappa shape index (κ1) is 16.2. The van der Waals surface area contributed by atoms with Gasteiger partial charge >= 0.3 is 5.97 Å². The van der Waals surface area contributed by atoms with Gasteiger partial charge in [-0.25, -0.2) is 0 Å². The van der Waals surface area contributed by atoms with Crippen molar-refractivity contribution >= 4 is 11.9 Å². The molecule has 0 aromatic rings. The van der Waals surface area contributed by atoms with Gasteiger partial charge in [0.1, 0.15) is 0 Å². The number of aliphatic hydroxyl groups is 1. The molecule has 0 aromatic carbocycles. The lowest BCUT2D eigenvalue weighted by atomic mass is 9.92. The maximum Gasteiger partial charge on any atom is 0.307 e. The zero-order chi connectivity index (χ0) is 15.5. The molecule has 120 valence electrons. The van der Waals surface area contributed by atoms with E-state index in [1.165, 1.54) is 0 Å². The molecule has 6 nitrogen and oxygen atoms in total. The predicted molar refractivity (Wildman–Crippen MR) is 75.6 cm³/mol. The Balaban J connectivity index is 1.91. The van der Waals surface area contributed by atoms with Crippen molar-refractivity contribution in [2.45, 2.75) is 44.6 Å². The largest absolute Gasteiger partial charge is 0.481 e. The summed E-state index contributed by atoms with van der Waals surface area (Å²) < 4.78 is 5.20. The first-order valence-electron chi connectivity index (χ1n) is 7.76. The number of hydrogen-bond donors (Lipinski definition) is 3. The number of rotatable bonds is 5. The molecule has 1 saturated heterocycles. The summed E-state index contributed by atoms with van der Waals surface area (Å²) in [6.07, 6.45) is 3.09. The van der Waals surface area contributed by atoms with Crippen LogP contribution in [-0.2, 0) is 14.3 Å². The monoisotopic (exact) mass is 299 g/mol. The van der Waals surface area contributed by atoms with Crippen molar-refractivity contribution in [3.63, 3.8) is 0 Å². The number of carbonyl (C=O) groups is 2. The molecule has 3 atom stereocenters. The molecule has 1 aliphatic heterocycles. The molecule has 2 rings (SSSR count). The zero-order valence-electron chi connectivity index (χ0n) is 12.5. The molecule has 3 unspecified atom stereocenters. The fourth-order valence-electron chi connectivity index (χ4n) is 3.35. The Bertz CT molecular complexity index is 392. The molecule has 6 heteroatoms. The van der Waals surface area contributed by atoms with Crippen molar-refractivity contribution in [2.75, 3.05) is 19.8 Å². The van der Waals surface area contributed by atoms with E-state index in [1.807, 2.05) is 6.92 Å². The number of carbonyl (C=O) groups excluding carboxylic acids is 1. The van der Waals surface area contributed by atoms with Crippen LogP contribution >= 0.6 is 0 Å². The highest BCUT2D eigenvalue weighted by Gasteiger charge is 2.42. The summed E-state index contributed by atoms with van der Waals surface area (Å²) in [6, 6.07) is 0. The number of carboxylic acid groups (broad SMARTS) is 1. The maximum absolute atomic E-state index is 12.3. The molecule has 1 amide bonds. The van der Waals surface area contributed by atoms with Crippen LogP contribution < -0.4 is 5.32 Å². The van der Waals surface area contributed by atoms with Gasteiger partial charge in [0, 0.05) is 32.6 Å². The predicted octanol–water partition coefficient (Wildman–Crippen LogP) is 0.781. The average Bonchev–Trinajstić information content (AvgIpc) is 2.90. The van der Waals surface area contributed by atoms with Gasteiger partial charge in [0.05, 0.1) is 17.4 Å². The molecular weight excluding hydrogens is 274 g/mol. The third-order valence-electron chi connectivity index (χ3n) is 4.91. The van der Waals surface area contributed by atoms with Crippen LogP contribution in [-0.4, -0.2) is 47.4 Å². The minimum absolute atomic E-state index is 0.175. The summed E-state index contributed by atoms with van der Waals surface area (Å²) in [5, 5.41) is 22.3. The molecule has 0 aromatic heterocycles. The van der Waals surface area contributed by atoms with Crippen LogP contribution in [0.15, 0.2) is 0 Å². The Morgan fingerprint density at radius 3 is 2.43 bits per heavy atom. The third-order valence-corrected chi connectivity index (χ3v) is 4.91. The molecule has 21 heavy (non-hydrogen) atoms. The van der Waals surface area contributed by atoms with Gasteiger partial charge in [-0.05, 0) is 18.8 Å². The number of nitrogens with one attached hydrogen (secondary N) is 1. The van der Waals surface area contributed by atoms with Crippen LogP contribution in [0.4, 0.5) is 0 Å². The van der Waals surface area contributed by atoms with Crippen molar-refractivity contribution in [1.29, 1.82) is 0 Å². The SMILES string of the molecule is CCC1CC(C(=O)O)C(C(=O)NCC2(O)CCOCC2)C1. The van der Waals surface area contributed by atoms with E-state index in [-0.39, 0.29) is 12.5 Å². The van der Waals surface area contributed by atoms with E-state index >= 15 is 0 Å². The van der Waals surface area contributed by atoms with Crippen molar-refractivity contribution in [3.05, 3.63) is 0 Å². The molecule has 1 saturated carbocycles. The fourth-order valence-corrected chi connectivity index (χ4v) is 3.35. The summed E-state index contributed by atoms with van der Waals surface area (Å²) in [7, 11) is 0. The first-order chi connectivity index (χ1) is 9.95. The van der Waals surface area contributed by atoms with Crippen molar-refractivity contribution < 1.29 is 24.5 Å². The topological polar surface area (TPSA) is 95.9 Å². The number of amides is 1. The third kappa shape index (κ3) is 3.95. The number of hydrogen-bond acceptors (Lipinski definition) is 4. The van der Waals surface area contributed by atoms with Gasteiger partial charge < -0.3 is 20.3 Å². The van der Waals surface area contributed by atoms with E-state index in [4.69, 9.17) is 4.74 Å². The highest BCUT2D eigenvalue weighted by Crippen LogP contribution is 2.38. The minimum atomic E-state index is -0.921. The highest BCUT2D eigenvalue weighted by molar-refractivity contribution is 5.85. The number of ether oxygens (including phenoxy) is 1. The van der Waals surface area contributed by atoms with E-state index in [9.17, 15) is 19.8 Å². The Morgan fingerprint density at radius 2 is 1.86 bits per heavy atom. The van der Waals surface area contributed by atoms with Gasteiger partial charge in [-0.3, -0.25) is 9.59 Å². The highest BCUT2D eigenvalue weighted by atomic mass is 16.5. The molecule has 0 bridgehead atoms. The summed E-state index contributed by atoms with van der Waals surface area (Å²) in [5.41, 5.74) is -0.921. The van der Waals surface area contributed by atoms with Gasteiger partial charge in [0.25, 0.3) is 0 Å². The second-order valence-corrected chi connectivity index (χ2v) is 6.35. The van der Waals surface area contributed by atoms with Crippen molar-refractivity contribution in [1.82, 2.24) is 5.32 Å².